The third-order valence-corrected chi connectivity index (χ3v) is 4.90. The SMILES string of the molecule is COc1ccc(COc2nc3nc(OC4CC(C(=O)O)C4)[nH]c3cc2Cl)cc1. The lowest BCUT2D eigenvalue weighted by atomic mass is 9.82. The zero-order chi connectivity index (χ0) is 19.7. The van der Waals surface area contributed by atoms with Gasteiger partial charge in [-0.05, 0) is 36.6 Å². The molecule has 0 atom stereocenters. The number of pyridine rings is 1. The molecule has 0 amide bonds. The van der Waals surface area contributed by atoms with Crippen LogP contribution in [0.5, 0.6) is 17.6 Å². The lowest BCUT2D eigenvalue weighted by Crippen LogP contribution is -2.38. The first kappa shape index (κ1) is 18.4. The number of methoxy groups -OCH3 is 1. The minimum absolute atomic E-state index is 0.164. The van der Waals surface area contributed by atoms with Crippen LogP contribution in [0.3, 0.4) is 0 Å². The number of fused-ring (bicyclic) bond motifs is 1. The van der Waals surface area contributed by atoms with E-state index in [2.05, 4.69) is 15.0 Å². The zero-order valence-corrected chi connectivity index (χ0v) is 15.8. The van der Waals surface area contributed by atoms with Gasteiger partial charge in [0.15, 0.2) is 5.65 Å². The van der Waals surface area contributed by atoms with E-state index in [9.17, 15) is 4.79 Å². The number of hydrogen-bond acceptors (Lipinski definition) is 6. The minimum Gasteiger partial charge on any atom is -0.497 e. The molecule has 1 aliphatic carbocycles. The first-order chi connectivity index (χ1) is 13.5. The third-order valence-electron chi connectivity index (χ3n) is 4.63. The average molecular weight is 404 g/mol. The summed E-state index contributed by atoms with van der Waals surface area (Å²) in [6, 6.07) is 9.46. The van der Waals surface area contributed by atoms with E-state index in [0.717, 1.165) is 11.3 Å². The Kier molecular flexibility index (Phi) is 4.95. The summed E-state index contributed by atoms with van der Waals surface area (Å²) in [5.74, 6) is -0.0967. The molecular formula is C19H18ClN3O5. The van der Waals surface area contributed by atoms with E-state index in [0.29, 0.717) is 41.6 Å². The van der Waals surface area contributed by atoms with Gasteiger partial charge in [-0.2, -0.15) is 9.97 Å². The Labute approximate surface area is 165 Å². The number of hydrogen-bond donors (Lipinski definition) is 2. The lowest BCUT2D eigenvalue weighted by molar-refractivity contribution is -0.148. The van der Waals surface area contributed by atoms with Crippen LogP contribution in [0.2, 0.25) is 5.02 Å². The van der Waals surface area contributed by atoms with E-state index in [1.54, 1.807) is 13.2 Å². The molecule has 8 nitrogen and oxygen atoms in total. The average Bonchev–Trinajstić information content (AvgIpc) is 3.03. The van der Waals surface area contributed by atoms with Crippen molar-refractivity contribution in [3.63, 3.8) is 0 Å². The predicted molar refractivity (Wildman–Crippen MR) is 101 cm³/mol. The standard InChI is InChI=1S/C19H18ClN3O5/c1-26-12-4-2-10(3-5-12)9-27-17-14(20)8-15-16(22-17)23-19(21-15)28-13-6-11(7-13)18(24)25/h2-5,8,11,13H,6-7,9H2,1H3,(H,24,25)(H,21,22,23). The molecular weight excluding hydrogens is 386 g/mol. The van der Waals surface area contributed by atoms with Crippen molar-refractivity contribution in [3.8, 4) is 17.6 Å². The van der Waals surface area contributed by atoms with Gasteiger partial charge in [-0.15, -0.1) is 0 Å². The summed E-state index contributed by atoms with van der Waals surface area (Å²) in [5.41, 5.74) is 1.98. The molecule has 0 unspecified atom stereocenters. The molecule has 0 bridgehead atoms. The largest absolute Gasteiger partial charge is 0.497 e. The molecule has 9 heteroatoms. The number of carboxylic acid groups (broad SMARTS) is 1. The summed E-state index contributed by atoms with van der Waals surface area (Å²) in [7, 11) is 1.61. The molecule has 28 heavy (non-hydrogen) atoms. The fraction of sp³-hybridized carbons (Fsp3) is 0.316. The van der Waals surface area contributed by atoms with Gasteiger partial charge in [0.25, 0.3) is 6.01 Å². The van der Waals surface area contributed by atoms with Gasteiger partial charge < -0.3 is 24.3 Å². The number of carboxylic acids is 1. The van der Waals surface area contributed by atoms with Gasteiger partial charge in [0.05, 0.1) is 18.5 Å². The van der Waals surface area contributed by atoms with Crippen molar-refractivity contribution in [1.29, 1.82) is 0 Å². The molecule has 1 aliphatic rings. The van der Waals surface area contributed by atoms with Crippen LogP contribution in [0.4, 0.5) is 0 Å². The highest BCUT2D eigenvalue weighted by atomic mass is 35.5. The van der Waals surface area contributed by atoms with Crippen molar-refractivity contribution in [2.75, 3.05) is 7.11 Å². The van der Waals surface area contributed by atoms with Crippen molar-refractivity contribution >= 4 is 28.7 Å². The molecule has 0 spiro atoms. The summed E-state index contributed by atoms with van der Waals surface area (Å²) < 4.78 is 16.5. The molecule has 1 fully saturated rings. The van der Waals surface area contributed by atoms with Crippen LogP contribution in [0.1, 0.15) is 18.4 Å². The van der Waals surface area contributed by atoms with Crippen molar-refractivity contribution in [3.05, 3.63) is 40.9 Å². The van der Waals surface area contributed by atoms with Gasteiger partial charge in [0.2, 0.25) is 5.88 Å². The van der Waals surface area contributed by atoms with Crippen LogP contribution >= 0.6 is 11.6 Å². The Balaban J connectivity index is 1.43. The highest BCUT2D eigenvalue weighted by Crippen LogP contribution is 2.32. The lowest BCUT2D eigenvalue weighted by Gasteiger charge is -2.31. The zero-order valence-electron chi connectivity index (χ0n) is 15.0. The van der Waals surface area contributed by atoms with Crippen molar-refractivity contribution in [1.82, 2.24) is 15.0 Å². The smallest absolute Gasteiger partial charge is 0.306 e. The second-order valence-corrected chi connectivity index (χ2v) is 6.98. The van der Waals surface area contributed by atoms with Gasteiger partial charge in [0, 0.05) is 0 Å². The number of H-pyrrole nitrogens is 1. The number of nitrogens with one attached hydrogen (secondary N) is 1. The summed E-state index contributed by atoms with van der Waals surface area (Å²) in [6.07, 6.45) is 0.774. The number of carbonyl (C=O) groups is 1. The molecule has 146 valence electrons. The highest BCUT2D eigenvalue weighted by Gasteiger charge is 2.36. The van der Waals surface area contributed by atoms with E-state index in [4.69, 9.17) is 30.9 Å². The number of aliphatic carboxylic acids is 1. The Morgan fingerprint density at radius 1 is 1.29 bits per heavy atom. The third kappa shape index (κ3) is 3.82. The fourth-order valence-electron chi connectivity index (χ4n) is 2.93. The number of aromatic amines is 1. The molecule has 0 saturated heterocycles. The van der Waals surface area contributed by atoms with Gasteiger partial charge in [0.1, 0.15) is 23.5 Å². The molecule has 2 aromatic heterocycles. The summed E-state index contributed by atoms with van der Waals surface area (Å²) >= 11 is 6.26. The van der Waals surface area contributed by atoms with Gasteiger partial charge >= 0.3 is 5.97 Å². The van der Waals surface area contributed by atoms with Crippen LogP contribution in [0.25, 0.3) is 11.2 Å². The van der Waals surface area contributed by atoms with E-state index in [1.807, 2.05) is 24.3 Å². The second-order valence-electron chi connectivity index (χ2n) is 6.57. The Bertz CT molecular complexity index is 999. The van der Waals surface area contributed by atoms with E-state index in [1.165, 1.54) is 0 Å². The normalized spacial score (nSPS) is 18.5. The molecule has 3 aromatic rings. The first-order valence-corrected chi connectivity index (χ1v) is 9.11. The maximum atomic E-state index is 10.9. The molecule has 0 aliphatic heterocycles. The van der Waals surface area contributed by atoms with Crippen LogP contribution < -0.4 is 14.2 Å². The monoisotopic (exact) mass is 403 g/mol. The molecule has 4 rings (SSSR count). The van der Waals surface area contributed by atoms with Crippen LogP contribution in [-0.4, -0.2) is 39.2 Å². The number of ether oxygens (including phenoxy) is 3. The Hall–Kier alpha value is -3.00. The van der Waals surface area contributed by atoms with Gasteiger partial charge in [-0.1, -0.05) is 23.7 Å². The number of benzene rings is 1. The molecule has 0 radical (unpaired) electrons. The summed E-state index contributed by atoms with van der Waals surface area (Å²) in [5, 5.41) is 9.28. The summed E-state index contributed by atoms with van der Waals surface area (Å²) in [4.78, 5) is 22.5. The van der Waals surface area contributed by atoms with Crippen LogP contribution in [-0.2, 0) is 11.4 Å². The van der Waals surface area contributed by atoms with Crippen LogP contribution in [0.15, 0.2) is 30.3 Å². The van der Waals surface area contributed by atoms with E-state index < -0.39 is 5.97 Å². The molecule has 1 aromatic carbocycles. The predicted octanol–water partition coefficient (Wildman–Crippen LogP) is 3.44. The number of rotatable bonds is 7. The van der Waals surface area contributed by atoms with Gasteiger partial charge in [-0.3, -0.25) is 4.79 Å². The molecule has 2 N–H and O–H groups in total. The van der Waals surface area contributed by atoms with E-state index >= 15 is 0 Å². The number of aromatic nitrogens is 3. The van der Waals surface area contributed by atoms with Crippen molar-refractivity contribution in [2.24, 2.45) is 5.92 Å². The van der Waals surface area contributed by atoms with Gasteiger partial charge in [-0.25, -0.2) is 0 Å². The highest BCUT2D eigenvalue weighted by molar-refractivity contribution is 6.32. The number of halogens is 1. The number of imidazole rings is 1. The topological polar surface area (TPSA) is 107 Å². The van der Waals surface area contributed by atoms with Crippen molar-refractivity contribution < 1.29 is 24.1 Å². The van der Waals surface area contributed by atoms with E-state index in [-0.39, 0.29) is 17.9 Å². The molecule has 2 heterocycles. The number of nitrogens with zero attached hydrogens (tertiary/aromatic N) is 2. The fourth-order valence-corrected chi connectivity index (χ4v) is 3.14. The molecule has 1 saturated carbocycles. The summed E-state index contributed by atoms with van der Waals surface area (Å²) in [6.45, 7) is 0.300. The quantitative estimate of drug-likeness (QED) is 0.622. The maximum Gasteiger partial charge on any atom is 0.306 e. The second kappa shape index (κ2) is 7.55. The first-order valence-electron chi connectivity index (χ1n) is 8.73. The minimum atomic E-state index is -0.795. The van der Waals surface area contributed by atoms with Crippen molar-refractivity contribution in [2.45, 2.75) is 25.6 Å². The Morgan fingerprint density at radius 2 is 2.04 bits per heavy atom. The van der Waals surface area contributed by atoms with Crippen LogP contribution in [0, 0.1) is 5.92 Å². The Morgan fingerprint density at radius 3 is 2.71 bits per heavy atom. The maximum absolute atomic E-state index is 10.9.